The summed E-state index contributed by atoms with van der Waals surface area (Å²) in [6.45, 7) is 5.14. The average molecular weight is 341 g/mol. The standard InChI is InChI=1S/C16H18F3N3O2/c1-4-24-15(23)14(20)13-9(2)21-22(10(13)3)12-7-5-6-11(8-12)16(17,18)19/h5-8,14H,4,20H2,1-3H3. The van der Waals surface area contributed by atoms with Crippen molar-refractivity contribution >= 4 is 5.97 Å². The molecule has 8 heteroatoms. The van der Waals surface area contributed by atoms with Gasteiger partial charge in [0.05, 0.1) is 23.6 Å². The van der Waals surface area contributed by atoms with Crippen LogP contribution in [0.4, 0.5) is 13.2 Å². The van der Waals surface area contributed by atoms with E-state index in [1.165, 1.54) is 16.8 Å². The van der Waals surface area contributed by atoms with Crippen molar-refractivity contribution < 1.29 is 22.7 Å². The fraction of sp³-hybridized carbons (Fsp3) is 0.375. The van der Waals surface area contributed by atoms with E-state index in [2.05, 4.69) is 5.10 Å². The summed E-state index contributed by atoms with van der Waals surface area (Å²) in [7, 11) is 0. The molecule has 5 nitrogen and oxygen atoms in total. The van der Waals surface area contributed by atoms with Gasteiger partial charge in [0.2, 0.25) is 0 Å². The molecule has 1 heterocycles. The Balaban J connectivity index is 2.48. The molecular weight excluding hydrogens is 323 g/mol. The molecule has 0 aliphatic heterocycles. The minimum absolute atomic E-state index is 0.187. The summed E-state index contributed by atoms with van der Waals surface area (Å²) in [5.74, 6) is -0.604. The van der Waals surface area contributed by atoms with E-state index in [0.29, 0.717) is 17.0 Å². The molecule has 0 saturated heterocycles. The summed E-state index contributed by atoms with van der Waals surface area (Å²) >= 11 is 0. The van der Waals surface area contributed by atoms with Crippen molar-refractivity contribution in [1.82, 2.24) is 9.78 Å². The van der Waals surface area contributed by atoms with E-state index in [1.807, 2.05) is 0 Å². The maximum atomic E-state index is 12.9. The van der Waals surface area contributed by atoms with E-state index in [1.54, 1.807) is 20.8 Å². The summed E-state index contributed by atoms with van der Waals surface area (Å²) in [6.07, 6.45) is -4.45. The second-order valence-electron chi connectivity index (χ2n) is 5.27. The second-order valence-corrected chi connectivity index (χ2v) is 5.27. The Morgan fingerprint density at radius 2 is 2.04 bits per heavy atom. The number of esters is 1. The highest BCUT2D eigenvalue weighted by Crippen LogP contribution is 2.31. The Morgan fingerprint density at radius 3 is 2.62 bits per heavy atom. The first-order valence-corrected chi connectivity index (χ1v) is 7.32. The minimum atomic E-state index is -4.45. The number of hydrogen-bond donors (Lipinski definition) is 1. The number of aryl methyl sites for hydroxylation is 1. The Labute approximate surface area is 137 Å². The quantitative estimate of drug-likeness (QED) is 0.868. The van der Waals surface area contributed by atoms with E-state index in [-0.39, 0.29) is 12.3 Å². The molecule has 0 spiro atoms. The number of carbonyl (C=O) groups excluding carboxylic acids is 1. The third-order valence-electron chi connectivity index (χ3n) is 3.62. The molecule has 2 aromatic rings. The third kappa shape index (κ3) is 3.43. The Kier molecular flexibility index (Phi) is 4.98. The van der Waals surface area contributed by atoms with Crippen LogP contribution in [-0.4, -0.2) is 22.4 Å². The van der Waals surface area contributed by atoms with Gasteiger partial charge in [-0.3, -0.25) is 0 Å². The first-order valence-electron chi connectivity index (χ1n) is 7.32. The van der Waals surface area contributed by atoms with Crippen molar-refractivity contribution in [3.8, 4) is 5.69 Å². The number of benzene rings is 1. The van der Waals surface area contributed by atoms with Crippen LogP contribution in [0, 0.1) is 13.8 Å². The van der Waals surface area contributed by atoms with Gasteiger partial charge in [0.1, 0.15) is 6.04 Å². The zero-order chi connectivity index (χ0) is 18.1. The van der Waals surface area contributed by atoms with Crippen molar-refractivity contribution in [2.24, 2.45) is 5.73 Å². The van der Waals surface area contributed by atoms with Crippen LogP contribution >= 0.6 is 0 Å². The number of alkyl halides is 3. The highest BCUT2D eigenvalue weighted by molar-refractivity contribution is 5.78. The molecule has 2 N–H and O–H groups in total. The van der Waals surface area contributed by atoms with Gasteiger partial charge >= 0.3 is 12.1 Å². The zero-order valence-electron chi connectivity index (χ0n) is 13.5. The lowest BCUT2D eigenvalue weighted by molar-refractivity contribution is -0.144. The summed E-state index contributed by atoms with van der Waals surface area (Å²) < 4.78 is 44.9. The summed E-state index contributed by atoms with van der Waals surface area (Å²) in [5, 5.41) is 4.23. The van der Waals surface area contributed by atoms with Gasteiger partial charge in [0.15, 0.2) is 0 Å². The minimum Gasteiger partial charge on any atom is -0.465 e. The number of nitrogens with two attached hydrogens (primary N) is 1. The lowest BCUT2D eigenvalue weighted by atomic mass is 10.1. The van der Waals surface area contributed by atoms with Crippen molar-refractivity contribution in [3.63, 3.8) is 0 Å². The van der Waals surface area contributed by atoms with Crippen molar-refractivity contribution in [3.05, 3.63) is 46.8 Å². The van der Waals surface area contributed by atoms with E-state index in [4.69, 9.17) is 10.5 Å². The van der Waals surface area contributed by atoms with E-state index >= 15 is 0 Å². The van der Waals surface area contributed by atoms with Crippen LogP contribution in [-0.2, 0) is 15.7 Å². The van der Waals surface area contributed by atoms with Crippen molar-refractivity contribution in [2.75, 3.05) is 6.61 Å². The largest absolute Gasteiger partial charge is 0.465 e. The maximum Gasteiger partial charge on any atom is 0.416 e. The first-order chi connectivity index (χ1) is 11.2. The fourth-order valence-corrected chi connectivity index (χ4v) is 2.52. The molecule has 0 fully saturated rings. The number of carbonyl (C=O) groups is 1. The van der Waals surface area contributed by atoms with E-state index < -0.39 is 23.8 Å². The number of nitrogens with zero attached hydrogens (tertiary/aromatic N) is 2. The van der Waals surface area contributed by atoms with Gasteiger partial charge in [-0.15, -0.1) is 0 Å². The Morgan fingerprint density at radius 1 is 1.38 bits per heavy atom. The maximum absolute atomic E-state index is 12.9. The predicted molar refractivity (Wildman–Crippen MR) is 81.6 cm³/mol. The number of rotatable bonds is 4. The molecule has 0 bridgehead atoms. The van der Waals surface area contributed by atoms with Gasteiger partial charge in [-0.1, -0.05) is 6.07 Å². The smallest absolute Gasteiger partial charge is 0.416 e. The lowest BCUT2D eigenvalue weighted by Gasteiger charge is -2.12. The van der Waals surface area contributed by atoms with Gasteiger partial charge in [-0.05, 0) is 39.0 Å². The Hall–Kier alpha value is -2.35. The summed E-state index contributed by atoms with van der Waals surface area (Å²) in [6, 6.07) is 3.76. The summed E-state index contributed by atoms with van der Waals surface area (Å²) in [5.41, 5.74) is 6.78. The lowest BCUT2D eigenvalue weighted by Crippen LogP contribution is -2.25. The predicted octanol–water partition coefficient (Wildman–Crippen LogP) is 3.07. The topological polar surface area (TPSA) is 70.1 Å². The highest BCUT2D eigenvalue weighted by Gasteiger charge is 2.31. The van der Waals surface area contributed by atoms with Crippen LogP contribution in [0.2, 0.25) is 0 Å². The van der Waals surface area contributed by atoms with E-state index in [0.717, 1.165) is 12.1 Å². The van der Waals surface area contributed by atoms with Crippen molar-refractivity contribution in [2.45, 2.75) is 33.0 Å². The Bertz CT molecular complexity index is 754. The molecule has 0 aliphatic rings. The molecule has 0 saturated carbocycles. The normalized spacial score (nSPS) is 13.0. The molecule has 24 heavy (non-hydrogen) atoms. The summed E-state index contributed by atoms with van der Waals surface area (Å²) in [4.78, 5) is 11.8. The van der Waals surface area contributed by atoms with Crippen LogP contribution in [0.5, 0.6) is 0 Å². The molecule has 130 valence electrons. The fourth-order valence-electron chi connectivity index (χ4n) is 2.52. The van der Waals surface area contributed by atoms with Crippen LogP contribution in [0.1, 0.15) is 35.5 Å². The first kappa shape index (κ1) is 18.0. The molecule has 0 aliphatic carbocycles. The van der Waals surface area contributed by atoms with Crippen molar-refractivity contribution in [1.29, 1.82) is 0 Å². The van der Waals surface area contributed by atoms with Gasteiger partial charge in [-0.2, -0.15) is 18.3 Å². The molecule has 1 aromatic carbocycles. The number of ether oxygens (including phenoxy) is 1. The average Bonchev–Trinajstić information content (AvgIpc) is 2.81. The molecule has 0 radical (unpaired) electrons. The molecule has 1 atom stereocenters. The van der Waals surface area contributed by atoms with Crippen LogP contribution in [0.3, 0.4) is 0 Å². The molecule has 1 unspecified atom stereocenters. The number of hydrogen-bond acceptors (Lipinski definition) is 4. The van der Waals surface area contributed by atoms with Crippen LogP contribution in [0.25, 0.3) is 5.69 Å². The zero-order valence-corrected chi connectivity index (χ0v) is 13.5. The van der Waals surface area contributed by atoms with Gasteiger partial charge in [0, 0.05) is 11.3 Å². The van der Waals surface area contributed by atoms with Gasteiger partial charge < -0.3 is 10.5 Å². The SMILES string of the molecule is CCOC(=O)C(N)c1c(C)nn(-c2cccc(C(F)(F)F)c2)c1C. The third-order valence-corrected chi connectivity index (χ3v) is 3.62. The molecular formula is C16H18F3N3O2. The molecule has 0 amide bonds. The number of aromatic nitrogens is 2. The van der Waals surface area contributed by atoms with Gasteiger partial charge in [0.25, 0.3) is 0 Å². The number of halogens is 3. The van der Waals surface area contributed by atoms with Crippen LogP contribution < -0.4 is 5.73 Å². The highest BCUT2D eigenvalue weighted by atomic mass is 19.4. The monoisotopic (exact) mass is 341 g/mol. The van der Waals surface area contributed by atoms with Crippen LogP contribution in [0.15, 0.2) is 24.3 Å². The van der Waals surface area contributed by atoms with E-state index in [9.17, 15) is 18.0 Å². The van der Waals surface area contributed by atoms with Gasteiger partial charge in [-0.25, -0.2) is 9.48 Å². The molecule has 2 rings (SSSR count). The second kappa shape index (κ2) is 6.64. The molecule has 1 aromatic heterocycles.